The number of hydrogen-bond donors (Lipinski definition) is 4. The maximum absolute atomic E-state index is 14.5. The number of benzene rings is 1. The van der Waals surface area contributed by atoms with Crippen molar-refractivity contribution in [3.05, 3.63) is 35.4 Å². The molecule has 5 rings (SSSR count). The second-order valence-electron chi connectivity index (χ2n) is 16.3. The second-order valence-corrected chi connectivity index (χ2v) is 16.3. The fraction of sp³-hybridized carbons (Fsp3) is 0.658. The largest absolute Gasteiger partial charge is 0.444 e. The first-order valence-electron chi connectivity index (χ1n) is 18.6. The van der Waals surface area contributed by atoms with Gasteiger partial charge in [-0.3, -0.25) is 24.0 Å². The van der Waals surface area contributed by atoms with Gasteiger partial charge in [-0.1, -0.05) is 78.1 Å². The van der Waals surface area contributed by atoms with E-state index in [0.29, 0.717) is 19.5 Å². The Labute approximate surface area is 305 Å². The van der Waals surface area contributed by atoms with Crippen LogP contribution < -0.4 is 21.7 Å². The van der Waals surface area contributed by atoms with Crippen LogP contribution in [-0.2, 0) is 41.7 Å². The topological polar surface area (TPSA) is 197 Å². The third-order valence-corrected chi connectivity index (χ3v) is 10.8. The maximum atomic E-state index is 14.5. The summed E-state index contributed by atoms with van der Waals surface area (Å²) in [5.74, 6) is -3.52. The van der Waals surface area contributed by atoms with Gasteiger partial charge in [0.25, 0.3) is 5.91 Å². The van der Waals surface area contributed by atoms with Gasteiger partial charge < -0.3 is 36.2 Å². The van der Waals surface area contributed by atoms with Crippen LogP contribution in [0.15, 0.2) is 24.3 Å². The Balaban J connectivity index is 1.35. The molecule has 52 heavy (non-hydrogen) atoms. The Morgan fingerprint density at radius 1 is 0.942 bits per heavy atom. The van der Waals surface area contributed by atoms with Crippen molar-refractivity contribution in [3.8, 4) is 0 Å². The summed E-state index contributed by atoms with van der Waals surface area (Å²) in [5.41, 5.74) is 6.66. The number of nitrogens with zero attached hydrogens (tertiary/aromatic N) is 2. The summed E-state index contributed by atoms with van der Waals surface area (Å²) in [6.45, 7) is 9.64. The highest BCUT2D eigenvalue weighted by molar-refractivity contribution is 6.37. The molecule has 14 nitrogen and oxygen atoms in total. The van der Waals surface area contributed by atoms with Gasteiger partial charge in [0.1, 0.15) is 18.2 Å². The number of carbonyl (C=O) groups excluding carboxylic acids is 7. The van der Waals surface area contributed by atoms with Gasteiger partial charge in [0.15, 0.2) is 5.78 Å². The molecular formula is C38H54N6O8. The number of hydrogen-bond acceptors (Lipinski definition) is 8. The number of primary amides is 1. The van der Waals surface area contributed by atoms with Gasteiger partial charge in [0.2, 0.25) is 17.6 Å². The van der Waals surface area contributed by atoms with Gasteiger partial charge in [-0.25, -0.2) is 9.59 Å². The first kappa shape index (κ1) is 38.7. The molecule has 0 aromatic heterocycles. The van der Waals surface area contributed by atoms with Crippen LogP contribution in [0.25, 0.3) is 0 Å². The number of nitrogens with one attached hydrogen (secondary N) is 3. The van der Waals surface area contributed by atoms with Crippen molar-refractivity contribution in [2.24, 2.45) is 28.9 Å². The van der Waals surface area contributed by atoms with Crippen molar-refractivity contribution in [2.45, 2.75) is 123 Å². The van der Waals surface area contributed by atoms with Gasteiger partial charge in [-0.2, -0.15) is 0 Å². The van der Waals surface area contributed by atoms with Crippen molar-refractivity contribution in [1.29, 1.82) is 0 Å². The van der Waals surface area contributed by atoms with E-state index in [-0.39, 0.29) is 42.9 Å². The Kier molecular flexibility index (Phi) is 11.9. The number of rotatable bonds is 13. The lowest BCUT2D eigenvalue weighted by Gasteiger charge is -2.36. The molecule has 2 saturated carbocycles. The molecule has 2 heterocycles. The third-order valence-electron chi connectivity index (χ3n) is 10.8. The van der Waals surface area contributed by atoms with E-state index in [4.69, 9.17) is 10.5 Å². The summed E-state index contributed by atoms with van der Waals surface area (Å²) in [4.78, 5) is 95.9. The standard InChI is InChI=1S/C38H54N6O8/c1-21(2)29(30(45)24-13-14-24)41-36(50)42-32(38(3,4)5)35(49)44-20-26(52-37(51)43-16-15-23-11-6-7-12-25(23)19-43)18-28(44)34(48)40-27(31(46)33(39)47)17-22-9-8-10-22/h6-7,11-12,21-22,24,26-29,32H,8-10,13-20H2,1-5H3,(H2,39,47)(H,40,48)(H2,41,42,50)/t26?,27?,28-,29-,32+/m0/s1. The first-order chi connectivity index (χ1) is 24.5. The van der Waals surface area contributed by atoms with Gasteiger partial charge >= 0.3 is 12.1 Å². The van der Waals surface area contributed by atoms with E-state index in [1.54, 1.807) is 25.7 Å². The third kappa shape index (κ3) is 9.29. The van der Waals surface area contributed by atoms with E-state index in [1.165, 1.54) is 4.90 Å². The van der Waals surface area contributed by atoms with Gasteiger partial charge in [0.05, 0.1) is 18.6 Å². The Bertz CT molecular complexity index is 1560. The summed E-state index contributed by atoms with van der Waals surface area (Å²) in [6, 6.07) is 2.92. The van der Waals surface area contributed by atoms with Crippen LogP contribution >= 0.6 is 0 Å². The Hall–Kier alpha value is -4.49. The molecule has 5 atom stereocenters. The predicted molar refractivity (Wildman–Crippen MR) is 190 cm³/mol. The number of nitrogens with two attached hydrogens (primary N) is 1. The lowest BCUT2D eigenvalue weighted by Crippen LogP contribution is -2.61. The van der Waals surface area contributed by atoms with Crippen LogP contribution in [0.4, 0.5) is 9.59 Å². The van der Waals surface area contributed by atoms with Crippen molar-refractivity contribution in [2.75, 3.05) is 13.1 Å². The fourth-order valence-corrected chi connectivity index (χ4v) is 7.29. The van der Waals surface area contributed by atoms with Crippen LogP contribution in [-0.4, -0.2) is 94.6 Å². The zero-order chi connectivity index (χ0) is 37.9. The lowest BCUT2D eigenvalue weighted by molar-refractivity contribution is -0.143. The molecule has 1 aromatic carbocycles. The molecule has 0 radical (unpaired) electrons. The Morgan fingerprint density at radius 2 is 1.62 bits per heavy atom. The molecule has 6 amide bonds. The molecule has 1 aromatic rings. The molecule has 3 fully saturated rings. The first-order valence-corrected chi connectivity index (χ1v) is 18.6. The van der Waals surface area contributed by atoms with E-state index < -0.39 is 71.3 Å². The number of ketones is 2. The number of urea groups is 1. The second kappa shape index (κ2) is 16.0. The SMILES string of the molecule is CC(C)[C@H](NC(=O)N[C@H](C(=O)N1CC(OC(=O)N2CCc3ccccc3C2)C[C@H]1C(=O)NC(CC1CCC1)C(=O)C(N)=O)C(C)(C)C)C(=O)C1CC1. The van der Waals surface area contributed by atoms with Crippen LogP contribution in [0.5, 0.6) is 0 Å². The minimum absolute atomic E-state index is 0.0381. The van der Waals surface area contributed by atoms with Crippen LogP contribution in [0, 0.1) is 23.2 Å². The number of amides is 6. The van der Waals surface area contributed by atoms with Crippen molar-refractivity contribution < 1.29 is 38.3 Å². The average Bonchev–Trinajstić information content (AvgIpc) is 3.84. The average molecular weight is 723 g/mol. The minimum atomic E-state index is -1.19. The van der Waals surface area contributed by atoms with E-state index in [0.717, 1.165) is 43.2 Å². The quantitative estimate of drug-likeness (QED) is 0.223. The van der Waals surface area contributed by atoms with E-state index in [2.05, 4.69) is 16.0 Å². The number of Topliss-reactive ketones (excluding diaryl/α,β-unsaturated/α-hetero) is 2. The molecule has 14 heteroatoms. The normalized spacial score (nSPS) is 22.0. The number of ether oxygens (including phenoxy) is 1. The number of fused-ring (bicyclic) bond motifs is 1. The summed E-state index contributed by atoms with van der Waals surface area (Å²) in [6.07, 6.45) is 3.65. The molecule has 2 aliphatic heterocycles. The molecule has 0 bridgehead atoms. The molecular weight excluding hydrogens is 668 g/mol. The van der Waals surface area contributed by atoms with E-state index in [1.807, 2.05) is 38.1 Å². The highest BCUT2D eigenvalue weighted by Crippen LogP contribution is 2.33. The van der Waals surface area contributed by atoms with Gasteiger partial charge in [-0.15, -0.1) is 0 Å². The molecule has 4 aliphatic rings. The highest BCUT2D eigenvalue weighted by Gasteiger charge is 2.48. The molecule has 1 saturated heterocycles. The Morgan fingerprint density at radius 3 is 2.19 bits per heavy atom. The molecule has 5 N–H and O–H groups in total. The van der Waals surface area contributed by atoms with Crippen LogP contribution in [0.3, 0.4) is 0 Å². The van der Waals surface area contributed by atoms with Gasteiger partial charge in [0, 0.05) is 25.4 Å². The zero-order valence-corrected chi connectivity index (χ0v) is 30.9. The molecule has 284 valence electrons. The maximum Gasteiger partial charge on any atom is 0.410 e. The predicted octanol–water partition coefficient (Wildman–Crippen LogP) is 2.60. The minimum Gasteiger partial charge on any atom is -0.444 e. The van der Waals surface area contributed by atoms with Crippen LogP contribution in [0.1, 0.15) is 90.7 Å². The summed E-state index contributed by atoms with van der Waals surface area (Å²) >= 11 is 0. The van der Waals surface area contributed by atoms with Crippen molar-refractivity contribution >= 4 is 41.4 Å². The smallest absolute Gasteiger partial charge is 0.410 e. The highest BCUT2D eigenvalue weighted by atomic mass is 16.6. The van der Waals surface area contributed by atoms with Crippen molar-refractivity contribution in [1.82, 2.24) is 25.8 Å². The van der Waals surface area contributed by atoms with Crippen molar-refractivity contribution in [3.63, 3.8) is 0 Å². The van der Waals surface area contributed by atoms with Gasteiger partial charge in [-0.05, 0) is 54.1 Å². The monoisotopic (exact) mass is 722 g/mol. The number of carbonyl (C=O) groups is 7. The summed E-state index contributed by atoms with van der Waals surface area (Å²) in [5, 5.41) is 8.23. The lowest BCUT2D eigenvalue weighted by atomic mass is 9.80. The zero-order valence-electron chi connectivity index (χ0n) is 30.9. The molecule has 2 aliphatic carbocycles. The van der Waals surface area contributed by atoms with E-state index in [9.17, 15) is 33.6 Å². The summed E-state index contributed by atoms with van der Waals surface area (Å²) in [7, 11) is 0. The number of likely N-dealkylation sites (tertiary alicyclic amines) is 1. The summed E-state index contributed by atoms with van der Waals surface area (Å²) < 4.78 is 5.92. The fourth-order valence-electron chi connectivity index (χ4n) is 7.29. The molecule has 0 spiro atoms. The van der Waals surface area contributed by atoms with E-state index >= 15 is 0 Å². The van der Waals surface area contributed by atoms with Crippen LogP contribution in [0.2, 0.25) is 0 Å². The molecule has 2 unspecified atom stereocenters.